The van der Waals surface area contributed by atoms with Crippen molar-refractivity contribution in [3.8, 4) is 0 Å². The van der Waals surface area contributed by atoms with Gasteiger partial charge < -0.3 is 5.32 Å². The lowest BCUT2D eigenvalue weighted by Gasteiger charge is -2.27. The first-order valence-electron chi connectivity index (χ1n) is 6.17. The molecule has 1 aliphatic rings. The van der Waals surface area contributed by atoms with E-state index in [4.69, 9.17) is 0 Å². The Morgan fingerprint density at radius 1 is 1.19 bits per heavy atom. The first-order valence-corrected chi connectivity index (χ1v) is 6.17. The molecule has 1 nitrogen and oxygen atoms in total. The lowest BCUT2D eigenvalue weighted by Crippen LogP contribution is -2.35. The molecule has 1 atom stereocenters. The molecule has 1 unspecified atom stereocenters. The van der Waals surface area contributed by atoms with Gasteiger partial charge >= 0.3 is 6.18 Å². The smallest absolute Gasteiger partial charge is 0.314 e. The van der Waals surface area contributed by atoms with Crippen molar-refractivity contribution in [1.29, 1.82) is 0 Å². The fraction of sp³-hybridized carbons (Fsp3) is 1.00. The monoisotopic (exact) mass is 237 g/mol. The van der Waals surface area contributed by atoms with Gasteiger partial charge in [-0.05, 0) is 38.1 Å². The Morgan fingerprint density at radius 2 is 1.75 bits per heavy atom. The number of halogens is 3. The van der Waals surface area contributed by atoms with Crippen molar-refractivity contribution in [2.75, 3.05) is 6.54 Å². The van der Waals surface area contributed by atoms with Gasteiger partial charge in [0.25, 0.3) is 0 Å². The summed E-state index contributed by atoms with van der Waals surface area (Å²) < 4.78 is 36.2. The summed E-state index contributed by atoms with van der Waals surface area (Å²) in [6, 6.07) is -0.459. The summed E-state index contributed by atoms with van der Waals surface area (Å²) in [5.41, 5.74) is 0. The van der Waals surface area contributed by atoms with Gasteiger partial charge in [0.1, 0.15) is 0 Å². The summed E-state index contributed by atoms with van der Waals surface area (Å²) in [5.74, 6) is 1.37. The summed E-state index contributed by atoms with van der Waals surface area (Å²) in [7, 11) is 0. The molecule has 16 heavy (non-hydrogen) atoms. The normalized spacial score (nSPS) is 29.1. The topological polar surface area (TPSA) is 12.0 Å². The molecule has 0 aromatic heterocycles. The molecule has 0 aromatic carbocycles. The van der Waals surface area contributed by atoms with Crippen LogP contribution in [0.1, 0.15) is 46.0 Å². The van der Waals surface area contributed by atoms with Crippen molar-refractivity contribution in [1.82, 2.24) is 5.32 Å². The van der Waals surface area contributed by atoms with Gasteiger partial charge in [-0.25, -0.2) is 0 Å². The van der Waals surface area contributed by atoms with Crippen LogP contribution in [0.3, 0.4) is 0 Å². The Morgan fingerprint density at radius 3 is 2.25 bits per heavy atom. The molecule has 1 aliphatic carbocycles. The number of nitrogens with one attached hydrogen (secondary N) is 1. The molecule has 0 amide bonds. The standard InChI is InChI=1S/C12H22F3N/c1-9-3-5-11(6-4-9)8-16-10(2)7-12(13,14)15/h9-11,16H,3-8H2,1-2H3. The summed E-state index contributed by atoms with van der Waals surface area (Å²) in [6.45, 7) is 4.60. The molecule has 0 saturated heterocycles. The Hall–Kier alpha value is -0.250. The van der Waals surface area contributed by atoms with Gasteiger partial charge in [0.2, 0.25) is 0 Å². The Balaban J connectivity index is 2.14. The lowest BCUT2D eigenvalue weighted by atomic mass is 9.83. The Kier molecular flexibility index (Phi) is 5.09. The molecule has 0 heterocycles. The van der Waals surface area contributed by atoms with Crippen LogP contribution in [-0.2, 0) is 0 Å². The zero-order valence-electron chi connectivity index (χ0n) is 10.1. The molecule has 1 fully saturated rings. The minimum absolute atomic E-state index is 0.459. The molecule has 96 valence electrons. The van der Waals surface area contributed by atoms with Crippen molar-refractivity contribution < 1.29 is 13.2 Å². The highest BCUT2D eigenvalue weighted by Gasteiger charge is 2.30. The first-order chi connectivity index (χ1) is 7.37. The Labute approximate surface area is 95.8 Å². The van der Waals surface area contributed by atoms with Crippen LogP contribution in [-0.4, -0.2) is 18.8 Å². The second-order valence-corrected chi connectivity index (χ2v) is 5.25. The SMILES string of the molecule is CC1CCC(CNC(C)CC(F)(F)F)CC1. The van der Waals surface area contributed by atoms with Crippen LogP contribution in [0.15, 0.2) is 0 Å². The zero-order valence-corrected chi connectivity index (χ0v) is 10.1. The zero-order chi connectivity index (χ0) is 12.2. The van der Waals surface area contributed by atoms with Gasteiger partial charge in [0.15, 0.2) is 0 Å². The minimum Gasteiger partial charge on any atom is -0.314 e. The Bertz CT molecular complexity index is 195. The van der Waals surface area contributed by atoms with E-state index >= 15 is 0 Å². The van der Waals surface area contributed by atoms with Crippen molar-refractivity contribution in [3.05, 3.63) is 0 Å². The maximum Gasteiger partial charge on any atom is 0.390 e. The van der Waals surface area contributed by atoms with Gasteiger partial charge in [0, 0.05) is 6.04 Å². The predicted octanol–water partition coefficient (Wildman–Crippen LogP) is 3.74. The van der Waals surface area contributed by atoms with Crippen molar-refractivity contribution in [2.45, 2.75) is 58.2 Å². The van der Waals surface area contributed by atoms with Crippen LogP contribution in [0.2, 0.25) is 0 Å². The van der Waals surface area contributed by atoms with Crippen LogP contribution in [0.4, 0.5) is 13.2 Å². The highest BCUT2D eigenvalue weighted by Crippen LogP contribution is 2.28. The van der Waals surface area contributed by atoms with Gasteiger partial charge in [0.05, 0.1) is 6.42 Å². The number of rotatable bonds is 4. The molecule has 0 aromatic rings. The van der Waals surface area contributed by atoms with E-state index in [1.54, 1.807) is 6.92 Å². The van der Waals surface area contributed by atoms with E-state index in [1.807, 2.05) is 0 Å². The minimum atomic E-state index is -4.05. The number of hydrogen-bond donors (Lipinski definition) is 1. The maximum atomic E-state index is 12.1. The largest absolute Gasteiger partial charge is 0.390 e. The third-order valence-electron chi connectivity index (χ3n) is 3.43. The second kappa shape index (κ2) is 5.89. The molecule has 0 aliphatic heterocycles. The summed E-state index contributed by atoms with van der Waals surface area (Å²) in [6.07, 6.45) is -0.0105. The predicted molar refractivity (Wildman–Crippen MR) is 59.3 cm³/mol. The van der Waals surface area contributed by atoms with Gasteiger partial charge in [-0.3, -0.25) is 0 Å². The average molecular weight is 237 g/mol. The molecule has 0 spiro atoms. The quantitative estimate of drug-likeness (QED) is 0.785. The van der Waals surface area contributed by atoms with Crippen molar-refractivity contribution in [2.24, 2.45) is 11.8 Å². The average Bonchev–Trinajstić information content (AvgIpc) is 2.14. The molecule has 1 N–H and O–H groups in total. The highest BCUT2D eigenvalue weighted by atomic mass is 19.4. The van der Waals surface area contributed by atoms with E-state index in [0.29, 0.717) is 5.92 Å². The van der Waals surface area contributed by atoms with E-state index in [0.717, 1.165) is 25.3 Å². The summed E-state index contributed by atoms with van der Waals surface area (Å²) in [4.78, 5) is 0. The first kappa shape index (κ1) is 13.8. The van der Waals surface area contributed by atoms with Crippen LogP contribution >= 0.6 is 0 Å². The van der Waals surface area contributed by atoms with E-state index in [-0.39, 0.29) is 0 Å². The van der Waals surface area contributed by atoms with E-state index in [9.17, 15) is 13.2 Å². The van der Waals surface area contributed by atoms with Crippen molar-refractivity contribution >= 4 is 0 Å². The van der Waals surface area contributed by atoms with E-state index in [1.165, 1.54) is 12.8 Å². The fourth-order valence-electron chi connectivity index (χ4n) is 2.32. The molecule has 4 heteroatoms. The third-order valence-corrected chi connectivity index (χ3v) is 3.43. The van der Waals surface area contributed by atoms with Crippen molar-refractivity contribution in [3.63, 3.8) is 0 Å². The van der Waals surface area contributed by atoms with Crippen LogP contribution in [0.25, 0.3) is 0 Å². The van der Waals surface area contributed by atoms with Gasteiger partial charge in [-0.1, -0.05) is 19.8 Å². The lowest BCUT2D eigenvalue weighted by molar-refractivity contribution is -0.139. The number of alkyl halides is 3. The highest BCUT2D eigenvalue weighted by molar-refractivity contribution is 4.74. The number of hydrogen-bond acceptors (Lipinski definition) is 1. The fourth-order valence-corrected chi connectivity index (χ4v) is 2.32. The third kappa shape index (κ3) is 5.73. The molecular formula is C12H22F3N. The van der Waals surface area contributed by atoms with Gasteiger partial charge in [-0.2, -0.15) is 13.2 Å². The molecule has 1 saturated carbocycles. The van der Waals surface area contributed by atoms with Crippen LogP contribution < -0.4 is 5.32 Å². The van der Waals surface area contributed by atoms with Crippen LogP contribution in [0.5, 0.6) is 0 Å². The molecule has 0 radical (unpaired) electrons. The second-order valence-electron chi connectivity index (χ2n) is 5.25. The summed E-state index contributed by atoms with van der Waals surface area (Å²) in [5, 5.41) is 3.00. The van der Waals surface area contributed by atoms with E-state index in [2.05, 4.69) is 12.2 Å². The van der Waals surface area contributed by atoms with Gasteiger partial charge in [-0.15, -0.1) is 0 Å². The molecule has 1 rings (SSSR count). The molecule has 0 bridgehead atoms. The van der Waals surface area contributed by atoms with E-state index < -0.39 is 18.6 Å². The van der Waals surface area contributed by atoms with Crippen LogP contribution in [0, 0.1) is 11.8 Å². The molecular weight excluding hydrogens is 215 g/mol. The maximum absolute atomic E-state index is 12.1. The summed E-state index contributed by atoms with van der Waals surface area (Å²) >= 11 is 0.